The Hall–Kier alpha value is -3.85. The lowest BCUT2D eigenvalue weighted by Gasteiger charge is -2.45. The number of aromatic amines is 2. The van der Waals surface area contributed by atoms with Gasteiger partial charge in [-0.1, -0.05) is 12.1 Å². The molecule has 196 valence electrons. The maximum atomic E-state index is 13.7. The van der Waals surface area contributed by atoms with Gasteiger partial charge in [-0.15, -0.1) is 0 Å². The first kappa shape index (κ1) is 23.3. The summed E-state index contributed by atoms with van der Waals surface area (Å²) in [7, 11) is 0. The summed E-state index contributed by atoms with van der Waals surface area (Å²) in [5.74, 6) is 0.162. The van der Waals surface area contributed by atoms with Gasteiger partial charge in [0, 0.05) is 36.7 Å². The van der Waals surface area contributed by atoms with Crippen LogP contribution in [0.3, 0.4) is 0 Å². The molecule has 0 unspecified atom stereocenters. The van der Waals surface area contributed by atoms with E-state index in [9.17, 15) is 14.7 Å². The molecule has 0 amide bonds. The quantitative estimate of drug-likeness (QED) is 0.321. The van der Waals surface area contributed by atoms with Crippen LogP contribution in [0.2, 0.25) is 0 Å². The van der Waals surface area contributed by atoms with Crippen LogP contribution in [0.4, 0.5) is 11.4 Å². The Morgan fingerprint density at radius 3 is 2.47 bits per heavy atom. The highest BCUT2D eigenvalue weighted by Crippen LogP contribution is 2.37. The summed E-state index contributed by atoms with van der Waals surface area (Å²) < 4.78 is 0. The summed E-state index contributed by atoms with van der Waals surface area (Å²) in [6, 6.07) is 14.3. The molecule has 0 radical (unpaired) electrons. The molecule has 9 heteroatoms. The fourth-order valence-electron chi connectivity index (χ4n) is 6.63. The number of piperidine rings is 4. The molecule has 9 nitrogen and oxygen atoms in total. The van der Waals surface area contributed by atoms with E-state index in [0.29, 0.717) is 43.2 Å². The number of para-hydroxylation sites is 2. The third-order valence-electron chi connectivity index (χ3n) is 8.82. The first-order chi connectivity index (χ1) is 18.5. The van der Waals surface area contributed by atoms with Crippen molar-refractivity contribution in [3.8, 4) is 11.4 Å². The number of benzene rings is 2. The van der Waals surface area contributed by atoms with Gasteiger partial charge in [-0.05, 0) is 75.0 Å². The monoisotopic (exact) mass is 512 g/mol. The maximum Gasteiger partial charge on any atom is 0.306 e. The van der Waals surface area contributed by atoms with Gasteiger partial charge in [-0.2, -0.15) is 0 Å². The second-order valence-electron chi connectivity index (χ2n) is 11.0. The summed E-state index contributed by atoms with van der Waals surface area (Å²) in [6.45, 7) is 4.66. The molecule has 4 saturated heterocycles. The molecule has 0 aliphatic carbocycles. The molecule has 4 aliphatic rings. The van der Waals surface area contributed by atoms with E-state index in [4.69, 9.17) is 4.98 Å². The van der Waals surface area contributed by atoms with Gasteiger partial charge in [0.25, 0.3) is 5.56 Å². The van der Waals surface area contributed by atoms with E-state index in [2.05, 4.69) is 37.2 Å². The Morgan fingerprint density at radius 2 is 1.76 bits per heavy atom. The van der Waals surface area contributed by atoms with E-state index in [1.807, 2.05) is 30.3 Å². The minimum atomic E-state index is -0.714. The second kappa shape index (κ2) is 9.16. The molecule has 4 N–H and O–H groups in total. The Labute approximate surface area is 219 Å². The number of rotatable bonds is 5. The third kappa shape index (κ3) is 4.01. The summed E-state index contributed by atoms with van der Waals surface area (Å²) in [5, 5.41) is 14.1. The molecule has 2 aromatic carbocycles. The predicted octanol–water partition coefficient (Wildman–Crippen LogP) is 3.88. The van der Waals surface area contributed by atoms with Gasteiger partial charge in [-0.25, -0.2) is 4.98 Å². The summed E-state index contributed by atoms with van der Waals surface area (Å²) in [6.07, 6.45) is 3.60. The van der Waals surface area contributed by atoms with E-state index >= 15 is 0 Å². The molecule has 0 spiro atoms. The van der Waals surface area contributed by atoms with E-state index in [1.54, 1.807) is 0 Å². The standard InChI is InChI=1S/C29H32N6O3/c36-28-25(27-31-21-3-1-2-4-22(21)32-27)26(30-24-16-34-11-7-17(24)8-12-34)20-6-5-19(15-23(20)33-28)35-13-9-18(10-14-35)29(37)38/h1-6,15,17-18,24H,7-14,16H2,(H,31,32)(H,37,38)(H2,30,33,36)/t24-/m0/s1. The Kier molecular flexibility index (Phi) is 5.61. The number of hydrogen-bond donors (Lipinski definition) is 4. The fourth-order valence-corrected chi connectivity index (χ4v) is 6.63. The van der Waals surface area contributed by atoms with Crippen LogP contribution in [0.5, 0.6) is 0 Å². The van der Waals surface area contributed by atoms with Crippen LogP contribution < -0.4 is 15.8 Å². The highest BCUT2D eigenvalue weighted by Gasteiger charge is 2.35. The maximum absolute atomic E-state index is 13.7. The molecule has 38 heavy (non-hydrogen) atoms. The molecule has 2 aromatic heterocycles. The lowest BCUT2D eigenvalue weighted by atomic mass is 9.83. The van der Waals surface area contributed by atoms with Crippen LogP contribution in [0.1, 0.15) is 25.7 Å². The van der Waals surface area contributed by atoms with Gasteiger partial charge in [0.15, 0.2) is 0 Å². The van der Waals surface area contributed by atoms with Crippen molar-refractivity contribution in [1.29, 1.82) is 0 Å². The molecular formula is C29H32N6O3. The van der Waals surface area contributed by atoms with Crippen molar-refractivity contribution >= 4 is 39.3 Å². The van der Waals surface area contributed by atoms with Crippen molar-refractivity contribution in [3.05, 3.63) is 52.8 Å². The van der Waals surface area contributed by atoms with Crippen molar-refractivity contribution in [2.75, 3.05) is 42.9 Å². The number of H-pyrrole nitrogens is 2. The first-order valence-electron chi connectivity index (χ1n) is 13.7. The van der Waals surface area contributed by atoms with Gasteiger partial charge in [-0.3, -0.25) is 9.59 Å². The highest BCUT2D eigenvalue weighted by molar-refractivity contribution is 6.00. The zero-order chi connectivity index (χ0) is 25.8. The summed E-state index contributed by atoms with van der Waals surface area (Å²) in [5.41, 5.74) is 4.70. The van der Waals surface area contributed by atoms with Crippen molar-refractivity contribution < 1.29 is 9.90 Å². The zero-order valence-corrected chi connectivity index (χ0v) is 21.2. The molecular weight excluding hydrogens is 480 g/mol. The highest BCUT2D eigenvalue weighted by atomic mass is 16.4. The molecule has 1 atom stereocenters. The number of nitrogens with one attached hydrogen (secondary N) is 3. The molecule has 6 heterocycles. The zero-order valence-electron chi connectivity index (χ0n) is 21.2. The van der Waals surface area contributed by atoms with Crippen LogP contribution in [0, 0.1) is 11.8 Å². The lowest BCUT2D eigenvalue weighted by Crippen LogP contribution is -2.53. The average molecular weight is 513 g/mol. The molecule has 4 aromatic rings. The molecule has 0 saturated carbocycles. The number of carboxylic acids is 1. The number of aliphatic carboxylic acids is 1. The number of anilines is 2. The summed E-state index contributed by atoms with van der Waals surface area (Å²) >= 11 is 0. The number of aromatic nitrogens is 3. The first-order valence-corrected chi connectivity index (χ1v) is 13.7. The Morgan fingerprint density at radius 1 is 0.974 bits per heavy atom. The van der Waals surface area contributed by atoms with Gasteiger partial charge in [0.2, 0.25) is 0 Å². The van der Waals surface area contributed by atoms with Gasteiger partial charge < -0.3 is 30.2 Å². The van der Waals surface area contributed by atoms with Gasteiger partial charge in [0.05, 0.1) is 28.2 Å². The molecule has 2 bridgehead atoms. The average Bonchev–Trinajstić information content (AvgIpc) is 3.37. The van der Waals surface area contributed by atoms with E-state index in [-0.39, 0.29) is 17.5 Å². The topological polar surface area (TPSA) is 117 Å². The Balaban J connectivity index is 1.32. The van der Waals surface area contributed by atoms with Crippen molar-refractivity contribution in [2.45, 2.75) is 31.7 Å². The number of nitrogens with zero attached hydrogens (tertiary/aromatic N) is 3. The van der Waals surface area contributed by atoms with Gasteiger partial charge >= 0.3 is 5.97 Å². The molecule has 8 rings (SSSR count). The third-order valence-corrected chi connectivity index (χ3v) is 8.82. The van der Waals surface area contributed by atoms with Crippen LogP contribution in [0.15, 0.2) is 47.3 Å². The van der Waals surface area contributed by atoms with E-state index in [1.165, 1.54) is 12.8 Å². The van der Waals surface area contributed by atoms with Crippen LogP contribution in [-0.4, -0.2) is 69.7 Å². The van der Waals surface area contributed by atoms with E-state index < -0.39 is 5.97 Å². The number of carboxylic acid groups (broad SMARTS) is 1. The van der Waals surface area contributed by atoms with E-state index in [0.717, 1.165) is 52.9 Å². The minimum Gasteiger partial charge on any atom is -0.481 e. The number of fused-ring (bicyclic) bond motifs is 5. The number of hydrogen-bond acceptors (Lipinski definition) is 6. The summed E-state index contributed by atoms with van der Waals surface area (Å²) in [4.78, 5) is 41.1. The largest absolute Gasteiger partial charge is 0.481 e. The number of imidazole rings is 1. The van der Waals surface area contributed by atoms with Crippen LogP contribution in [0.25, 0.3) is 33.3 Å². The number of pyridine rings is 1. The van der Waals surface area contributed by atoms with Crippen molar-refractivity contribution in [3.63, 3.8) is 0 Å². The lowest BCUT2D eigenvalue weighted by molar-refractivity contribution is -0.142. The normalized spacial score (nSPS) is 23.8. The van der Waals surface area contributed by atoms with Crippen LogP contribution >= 0.6 is 0 Å². The van der Waals surface area contributed by atoms with Crippen molar-refractivity contribution in [1.82, 2.24) is 19.9 Å². The van der Waals surface area contributed by atoms with Crippen molar-refractivity contribution in [2.24, 2.45) is 11.8 Å². The fraction of sp³-hybridized carbons (Fsp3) is 0.414. The second-order valence-corrected chi connectivity index (χ2v) is 11.0. The van der Waals surface area contributed by atoms with Gasteiger partial charge in [0.1, 0.15) is 11.4 Å². The predicted molar refractivity (Wildman–Crippen MR) is 149 cm³/mol. The minimum absolute atomic E-state index is 0.179. The number of carbonyl (C=O) groups is 1. The molecule has 4 aliphatic heterocycles. The SMILES string of the molecule is O=C(O)C1CCN(c2ccc3c(N[C@H]4CN5CCC4CC5)c(-c4nc5ccccc5[nH]4)c(=O)[nH]c3c2)CC1. The molecule has 4 fully saturated rings. The van der Waals surface area contributed by atoms with Crippen LogP contribution in [-0.2, 0) is 4.79 Å². The smallest absolute Gasteiger partial charge is 0.306 e. The Bertz CT molecular complexity index is 1540.